The molecule has 0 saturated carbocycles. The fraction of sp³-hybridized carbons (Fsp3) is 0.414. The molecule has 2 amide bonds. The second-order valence-corrected chi connectivity index (χ2v) is 10.0. The van der Waals surface area contributed by atoms with Crippen LogP contribution in [0.5, 0.6) is 0 Å². The Balaban J connectivity index is 0.00000353. The summed E-state index contributed by atoms with van der Waals surface area (Å²) in [4.78, 5) is 35.9. The summed E-state index contributed by atoms with van der Waals surface area (Å²) in [5, 5.41) is 3.98. The van der Waals surface area contributed by atoms with Gasteiger partial charge in [0.2, 0.25) is 11.8 Å². The van der Waals surface area contributed by atoms with Crippen LogP contribution in [-0.4, -0.2) is 84.5 Å². The highest BCUT2D eigenvalue weighted by molar-refractivity contribution is 5.93. The van der Waals surface area contributed by atoms with Gasteiger partial charge in [-0.2, -0.15) is 0 Å². The van der Waals surface area contributed by atoms with E-state index in [4.69, 9.17) is 9.15 Å². The van der Waals surface area contributed by atoms with E-state index < -0.39 is 0 Å². The van der Waals surface area contributed by atoms with Gasteiger partial charge in [0.15, 0.2) is 0 Å². The number of hydrogen-bond acceptors (Lipinski definition) is 7. The molecule has 208 valence electrons. The minimum Gasteiger partial charge on any atom is -0.459 e. The summed E-state index contributed by atoms with van der Waals surface area (Å²) in [7, 11) is 1.76. The Labute approximate surface area is 235 Å². The molecule has 39 heavy (non-hydrogen) atoms. The van der Waals surface area contributed by atoms with Crippen molar-refractivity contribution in [3.8, 4) is 0 Å². The number of carbonyl (C=O) groups is 2. The lowest BCUT2D eigenvalue weighted by Crippen LogP contribution is -2.38. The van der Waals surface area contributed by atoms with Crippen LogP contribution in [0.4, 0.5) is 5.82 Å². The molecular formula is C29H36ClN5O4. The molecule has 2 aliphatic heterocycles. The van der Waals surface area contributed by atoms with E-state index in [2.05, 4.69) is 20.1 Å². The molecule has 0 aliphatic carbocycles. The zero-order valence-corrected chi connectivity index (χ0v) is 23.3. The number of furan rings is 1. The van der Waals surface area contributed by atoms with Crippen molar-refractivity contribution in [3.63, 3.8) is 0 Å². The number of morpholine rings is 1. The van der Waals surface area contributed by atoms with Gasteiger partial charge in [0, 0.05) is 62.0 Å². The lowest BCUT2D eigenvalue weighted by Gasteiger charge is -2.27. The highest BCUT2D eigenvalue weighted by atomic mass is 35.5. The molecule has 1 fully saturated rings. The summed E-state index contributed by atoms with van der Waals surface area (Å²) in [6.07, 6.45) is 5.99. The molecule has 3 aromatic rings. The Kier molecular flexibility index (Phi) is 9.74. The summed E-state index contributed by atoms with van der Waals surface area (Å²) in [5.41, 5.74) is 3.64. The van der Waals surface area contributed by atoms with Crippen molar-refractivity contribution in [2.45, 2.75) is 26.4 Å². The minimum absolute atomic E-state index is 0. The maximum atomic E-state index is 12.8. The number of benzene rings is 1. The molecule has 0 radical (unpaired) electrons. The van der Waals surface area contributed by atoms with Crippen LogP contribution < -0.4 is 5.32 Å². The molecule has 1 aromatic carbocycles. The van der Waals surface area contributed by atoms with Crippen molar-refractivity contribution in [1.29, 1.82) is 0 Å². The van der Waals surface area contributed by atoms with E-state index in [0.29, 0.717) is 25.5 Å². The van der Waals surface area contributed by atoms with Gasteiger partial charge in [-0.3, -0.25) is 19.4 Å². The van der Waals surface area contributed by atoms with Gasteiger partial charge in [0.1, 0.15) is 17.2 Å². The molecule has 0 atom stereocenters. The fourth-order valence-electron chi connectivity index (χ4n) is 4.99. The molecule has 0 spiro atoms. The molecule has 1 N–H and O–H groups in total. The number of aryl methyl sites for hydroxylation is 1. The van der Waals surface area contributed by atoms with E-state index in [-0.39, 0.29) is 24.2 Å². The number of carbonyl (C=O) groups excluding carboxylic acids is 2. The standard InChI is InChI=1S/C29H35N5O4.ClH/c1-21-24-6-3-4-7-25(24)38-26(21)19-32(2)28(36)9-8-22-16-23-18-34(20-27(35)31-29(23)30-17-22)11-5-10-33-12-14-37-15-13-33;/h3-4,6-9,16-17H,5,10-15,18-20H2,1-2H3,(H,30,31,35);1H/b9-8+;. The van der Waals surface area contributed by atoms with Crippen LogP contribution in [0.1, 0.15) is 28.9 Å². The zero-order chi connectivity index (χ0) is 26.5. The molecule has 4 heterocycles. The van der Waals surface area contributed by atoms with Crippen LogP contribution >= 0.6 is 12.4 Å². The van der Waals surface area contributed by atoms with Crippen molar-refractivity contribution in [2.24, 2.45) is 0 Å². The molecular weight excluding hydrogens is 518 g/mol. The first-order chi connectivity index (χ1) is 18.5. The number of pyridine rings is 1. The molecule has 2 aromatic heterocycles. The lowest BCUT2D eigenvalue weighted by atomic mass is 10.1. The molecule has 9 nitrogen and oxygen atoms in total. The monoisotopic (exact) mass is 553 g/mol. The molecule has 10 heteroatoms. The average molecular weight is 554 g/mol. The van der Waals surface area contributed by atoms with E-state index in [0.717, 1.165) is 79.2 Å². The molecule has 2 aliphatic rings. The largest absolute Gasteiger partial charge is 0.459 e. The van der Waals surface area contributed by atoms with Gasteiger partial charge < -0.3 is 19.4 Å². The molecule has 1 saturated heterocycles. The summed E-state index contributed by atoms with van der Waals surface area (Å²) in [6, 6.07) is 9.88. The third-order valence-electron chi connectivity index (χ3n) is 7.18. The van der Waals surface area contributed by atoms with E-state index in [1.54, 1.807) is 30.3 Å². The van der Waals surface area contributed by atoms with E-state index in [1.165, 1.54) is 0 Å². The third kappa shape index (κ3) is 7.24. The molecule has 0 unspecified atom stereocenters. The summed E-state index contributed by atoms with van der Waals surface area (Å²) < 4.78 is 11.4. The number of halogens is 1. The number of rotatable bonds is 8. The fourth-order valence-corrected chi connectivity index (χ4v) is 4.99. The number of para-hydroxylation sites is 1. The van der Waals surface area contributed by atoms with Gasteiger partial charge in [-0.15, -0.1) is 12.4 Å². The van der Waals surface area contributed by atoms with Crippen LogP contribution in [0.3, 0.4) is 0 Å². The van der Waals surface area contributed by atoms with E-state index in [9.17, 15) is 9.59 Å². The highest BCUT2D eigenvalue weighted by Crippen LogP contribution is 2.26. The quantitative estimate of drug-likeness (QED) is 0.425. The van der Waals surface area contributed by atoms with Gasteiger partial charge in [-0.05, 0) is 43.7 Å². The van der Waals surface area contributed by atoms with Gasteiger partial charge in [-0.25, -0.2) is 4.98 Å². The van der Waals surface area contributed by atoms with Crippen molar-refractivity contribution >= 4 is 47.1 Å². The van der Waals surface area contributed by atoms with Crippen molar-refractivity contribution in [2.75, 3.05) is 58.3 Å². The van der Waals surface area contributed by atoms with Crippen molar-refractivity contribution < 1.29 is 18.7 Å². The first-order valence-corrected chi connectivity index (χ1v) is 13.2. The smallest absolute Gasteiger partial charge is 0.246 e. The zero-order valence-electron chi connectivity index (χ0n) is 22.5. The first-order valence-electron chi connectivity index (χ1n) is 13.2. The first kappa shape index (κ1) is 28.8. The predicted octanol–water partition coefficient (Wildman–Crippen LogP) is 3.71. The third-order valence-corrected chi connectivity index (χ3v) is 7.18. The number of ether oxygens (including phenoxy) is 1. The summed E-state index contributed by atoms with van der Waals surface area (Å²) >= 11 is 0. The van der Waals surface area contributed by atoms with Gasteiger partial charge in [0.25, 0.3) is 0 Å². The number of aromatic nitrogens is 1. The highest BCUT2D eigenvalue weighted by Gasteiger charge is 2.21. The Morgan fingerprint density at radius 3 is 2.72 bits per heavy atom. The van der Waals surface area contributed by atoms with Crippen molar-refractivity contribution in [1.82, 2.24) is 19.7 Å². The topological polar surface area (TPSA) is 91.2 Å². The second kappa shape index (κ2) is 13.2. The Morgan fingerprint density at radius 1 is 1.15 bits per heavy atom. The number of anilines is 1. The maximum absolute atomic E-state index is 12.8. The summed E-state index contributed by atoms with van der Waals surface area (Å²) in [6.45, 7) is 8.72. The second-order valence-electron chi connectivity index (χ2n) is 10.0. The van der Waals surface area contributed by atoms with Crippen LogP contribution in [0, 0.1) is 6.92 Å². The number of amides is 2. The normalized spacial score (nSPS) is 16.5. The van der Waals surface area contributed by atoms with Crippen LogP contribution in [0.25, 0.3) is 17.0 Å². The summed E-state index contributed by atoms with van der Waals surface area (Å²) in [5.74, 6) is 1.19. The van der Waals surface area contributed by atoms with Crippen molar-refractivity contribution in [3.05, 3.63) is 65.1 Å². The Bertz CT molecular complexity index is 1330. The number of likely N-dealkylation sites (N-methyl/N-ethyl adjacent to an activating group) is 1. The molecule has 0 bridgehead atoms. The van der Waals surface area contributed by atoms with Crippen LogP contribution in [-0.2, 0) is 27.4 Å². The number of nitrogens with zero attached hydrogens (tertiary/aromatic N) is 4. The molecule has 5 rings (SSSR count). The van der Waals surface area contributed by atoms with Crippen LogP contribution in [0.15, 0.2) is 47.0 Å². The SMILES string of the molecule is Cc1c(CN(C)C(=O)/C=C/c2cnc3c(c2)CN(CCCN2CCOCC2)CC(=O)N3)oc2ccccc12.Cl. The number of fused-ring (bicyclic) bond motifs is 2. The minimum atomic E-state index is -0.127. The van der Waals surface area contributed by atoms with Gasteiger partial charge >= 0.3 is 0 Å². The number of hydrogen-bond donors (Lipinski definition) is 1. The van der Waals surface area contributed by atoms with Gasteiger partial charge in [-0.1, -0.05) is 18.2 Å². The van der Waals surface area contributed by atoms with E-state index in [1.807, 2.05) is 37.3 Å². The maximum Gasteiger partial charge on any atom is 0.246 e. The lowest BCUT2D eigenvalue weighted by molar-refractivity contribution is -0.125. The Hall–Kier alpha value is -3.24. The Morgan fingerprint density at radius 2 is 1.92 bits per heavy atom. The average Bonchev–Trinajstić information content (AvgIpc) is 3.13. The number of nitrogens with one attached hydrogen (secondary N) is 1. The predicted molar refractivity (Wildman–Crippen MR) is 154 cm³/mol. The van der Waals surface area contributed by atoms with E-state index >= 15 is 0 Å². The van der Waals surface area contributed by atoms with Crippen LogP contribution in [0.2, 0.25) is 0 Å². The van der Waals surface area contributed by atoms with Gasteiger partial charge in [0.05, 0.1) is 26.3 Å².